The largest absolute Gasteiger partial charge is 0.300 e. The molecule has 2 aromatic rings. The number of rotatable bonds is 2. The molecule has 2 N–H and O–H groups in total. The van der Waals surface area contributed by atoms with Crippen molar-refractivity contribution < 1.29 is 8.42 Å². The number of thiophene rings is 1. The molecule has 0 radical (unpaired) electrons. The Kier molecular flexibility index (Phi) is 2.86. The molecule has 86 valence electrons. The zero-order valence-corrected chi connectivity index (χ0v) is 11.3. The van der Waals surface area contributed by atoms with Gasteiger partial charge in [-0.15, -0.1) is 21.5 Å². The summed E-state index contributed by atoms with van der Waals surface area (Å²) < 4.78 is 24.6. The summed E-state index contributed by atoms with van der Waals surface area (Å²) in [4.78, 5) is 0. The minimum Gasteiger partial charge on any atom is -0.300 e. The highest BCUT2D eigenvalue weighted by Crippen LogP contribution is 2.28. The predicted molar refractivity (Wildman–Crippen MR) is 63.4 cm³/mol. The molecule has 0 saturated heterocycles. The van der Waals surface area contributed by atoms with E-state index in [1.54, 1.807) is 7.05 Å². The number of primary sulfonamides is 1. The van der Waals surface area contributed by atoms with Crippen molar-refractivity contribution in [2.45, 2.75) is 5.16 Å². The van der Waals surface area contributed by atoms with Gasteiger partial charge in [0.2, 0.25) is 0 Å². The highest BCUT2D eigenvalue weighted by molar-refractivity contribution is 9.11. The summed E-state index contributed by atoms with van der Waals surface area (Å²) in [5.74, 6) is 0.464. The van der Waals surface area contributed by atoms with Crippen LogP contribution in [0.15, 0.2) is 20.4 Å². The first kappa shape index (κ1) is 11.7. The van der Waals surface area contributed by atoms with Crippen LogP contribution in [-0.4, -0.2) is 23.2 Å². The first-order valence-corrected chi connectivity index (χ1v) is 7.28. The Morgan fingerprint density at radius 1 is 1.50 bits per heavy atom. The molecule has 2 aromatic heterocycles. The highest BCUT2D eigenvalue weighted by Gasteiger charge is 2.19. The number of aromatic nitrogens is 3. The fraction of sp³-hybridized carbons (Fsp3) is 0.143. The Labute approximate surface area is 104 Å². The van der Waals surface area contributed by atoms with Gasteiger partial charge >= 0.3 is 0 Å². The summed E-state index contributed by atoms with van der Waals surface area (Å²) in [5, 5.41) is 14.0. The molecular weight excluding hydrogens is 316 g/mol. The van der Waals surface area contributed by atoms with Crippen LogP contribution >= 0.6 is 27.3 Å². The maximum Gasteiger partial charge on any atom is 0.273 e. The van der Waals surface area contributed by atoms with Gasteiger partial charge in [-0.25, -0.2) is 13.6 Å². The van der Waals surface area contributed by atoms with Crippen LogP contribution < -0.4 is 5.14 Å². The summed E-state index contributed by atoms with van der Waals surface area (Å²) in [6.45, 7) is 0. The number of sulfonamides is 1. The van der Waals surface area contributed by atoms with Gasteiger partial charge in [0, 0.05) is 18.0 Å². The van der Waals surface area contributed by atoms with Crippen molar-refractivity contribution in [3.8, 4) is 11.4 Å². The molecule has 0 aromatic carbocycles. The number of hydrogen-bond acceptors (Lipinski definition) is 5. The van der Waals surface area contributed by atoms with Crippen LogP contribution in [0.25, 0.3) is 11.4 Å². The molecule has 0 amide bonds. The maximum atomic E-state index is 11.2. The van der Waals surface area contributed by atoms with Gasteiger partial charge in [0.1, 0.15) is 0 Å². The second kappa shape index (κ2) is 3.91. The zero-order valence-electron chi connectivity index (χ0n) is 8.08. The van der Waals surface area contributed by atoms with E-state index in [4.69, 9.17) is 5.14 Å². The molecule has 2 rings (SSSR count). The Bertz CT molecular complexity index is 631. The van der Waals surface area contributed by atoms with Gasteiger partial charge in [0.05, 0.1) is 3.79 Å². The number of halogens is 1. The van der Waals surface area contributed by atoms with E-state index in [1.165, 1.54) is 15.9 Å². The third-order valence-electron chi connectivity index (χ3n) is 1.92. The van der Waals surface area contributed by atoms with E-state index in [0.717, 1.165) is 9.35 Å². The highest BCUT2D eigenvalue weighted by atomic mass is 79.9. The molecule has 0 atom stereocenters. The van der Waals surface area contributed by atoms with Crippen molar-refractivity contribution >= 4 is 37.3 Å². The molecule has 0 fully saturated rings. The van der Waals surface area contributed by atoms with Crippen LogP contribution in [0.5, 0.6) is 0 Å². The molecule has 0 spiro atoms. The van der Waals surface area contributed by atoms with E-state index >= 15 is 0 Å². The topological polar surface area (TPSA) is 90.9 Å². The Morgan fingerprint density at radius 2 is 2.19 bits per heavy atom. The third kappa shape index (κ3) is 2.03. The molecule has 0 bridgehead atoms. The van der Waals surface area contributed by atoms with Crippen molar-refractivity contribution in [1.29, 1.82) is 0 Å². The van der Waals surface area contributed by atoms with Gasteiger partial charge in [-0.2, -0.15) is 0 Å². The minimum atomic E-state index is -3.83. The summed E-state index contributed by atoms with van der Waals surface area (Å²) >= 11 is 4.80. The number of hydrogen-bond donors (Lipinski definition) is 1. The van der Waals surface area contributed by atoms with Crippen LogP contribution in [0.3, 0.4) is 0 Å². The lowest BCUT2D eigenvalue weighted by molar-refractivity contribution is 0.580. The normalized spacial score (nSPS) is 11.9. The standard InChI is InChI=1S/C7H7BrN4O2S2/c1-12-6(4-2-5(8)15-3-4)10-11-7(12)16(9,13)14/h2-3H,1H3,(H2,9,13,14). The summed E-state index contributed by atoms with van der Waals surface area (Å²) in [6.07, 6.45) is 0. The van der Waals surface area contributed by atoms with E-state index in [-0.39, 0.29) is 5.16 Å². The Balaban J connectivity index is 2.58. The fourth-order valence-electron chi connectivity index (χ4n) is 1.24. The van der Waals surface area contributed by atoms with E-state index in [1.807, 2.05) is 11.4 Å². The van der Waals surface area contributed by atoms with Crippen LogP contribution in [0.1, 0.15) is 0 Å². The zero-order chi connectivity index (χ0) is 11.9. The van der Waals surface area contributed by atoms with Crippen LogP contribution in [0, 0.1) is 0 Å². The van der Waals surface area contributed by atoms with Crippen molar-refractivity contribution in [3.05, 3.63) is 15.2 Å². The Morgan fingerprint density at radius 3 is 2.62 bits per heavy atom. The van der Waals surface area contributed by atoms with Gasteiger partial charge in [0.25, 0.3) is 15.2 Å². The summed E-state index contributed by atoms with van der Waals surface area (Å²) in [6, 6.07) is 1.83. The van der Waals surface area contributed by atoms with E-state index in [0.29, 0.717) is 5.82 Å². The molecule has 16 heavy (non-hydrogen) atoms. The summed E-state index contributed by atoms with van der Waals surface area (Å²) in [5.41, 5.74) is 0.793. The number of nitrogens with two attached hydrogens (primary N) is 1. The second-order valence-corrected chi connectivity index (χ2v) is 6.80. The molecule has 6 nitrogen and oxygen atoms in total. The van der Waals surface area contributed by atoms with Gasteiger partial charge in [-0.3, -0.25) is 4.57 Å². The van der Waals surface area contributed by atoms with Gasteiger partial charge < -0.3 is 0 Å². The lowest BCUT2D eigenvalue weighted by Crippen LogP contribution is -2.17. The third-order valence-corrected chi connectivity index (χ3v) is 4.28. The lowest BCUT2D eigenvalue weighted by atomic mass is 10.3. The second-order valence-electron chi connectivity index (χ2n) is 3.05. The smallest absolute Gasteiger partial charge is 0.273 e. The van der Waals surface area contributed by atoms with Crippen molar-refractivity contribution in [2.75, 3.05) is 0 Å². The van der Waals surface area contributed by atoms with Crippen LogP contribution in [0.2, 0.25) is 0 Å². The molecular formula is C7H7BrN4O2S2. The molecule has 0 unspecified atom stereocenters. The molecule has 0 saturated carbocycles. The average Bonchev–Trinajstić information content (AvgIpc) is 2.70. The van der Waals surface area contributed by atoms with E-state index < -0.39 is 10.0 Å². The van der Waals surface area contributed by atoms with Gasteiger partial charge in [-0.05, 0) is 22.0 Å². The summed E-state index contributed by atoms with van der Waals surface area (Å²) in [7, 11) is -2.28. The average molecular weight is 323 g/mol. The molecule has 2 heterocycles. The molecule has 9 heteroatoms. The van der Waals surface area contributed by atoms with Gasteiger partial charge in [0.15, 0.2) is 5.82 Å². The van der Waals surface area contributed by atoms with Crippen LogP contribution in [0.4, 0.5) is 0 Å². The van der Waals surface area contributed by atoms with Crippen LogP contribution in [-0.2, 0) is 17.1 Å². The molecule has 0 aliphatic carbocycles. The maximum absolute atomic E-state index is 11.2. The number of nitrogens with zero attached hydrogens (tertiary/aromatic N) is 3. The first-order valence-electron chi connectivity index (χ1n) is 4.06. The minimum absolute atomic E-state index is 0.246. The molecule has 0 aliphatic heterocycles. The molecule has 0 aliphatic rings. The van der Waals surface area contributed by atoms with E-state index in [9.17, 15) is 8.42 Å². The van der Waals surface area contributed by atoms with E-state index in [2.05, 4.69) is 26.1 Å². The quantitative estimate of drug-likeness (QED) is 0.891. The van der Waals surface area contributed by atoms with Crippen molar-refractivity contribution in [1.82, 2.24) is 14.8 Å². The Hall–Kier alpha value is -0.770. The fourth-order valence-corrected chi connectivity index (χ4v) is 3.00. The SMILES string of the molecule is Cn1c(-c2csc(Br)c2)nnc1S(N)(=O)=O. The first-order chi connectivity index (χ1) is 7.39. The lowest BCUT2D eigenvalue weighted by Gasteiger charge is -1.99. The van der Waals surface area contributed by atoms with Crippen molar-refractivity contribution in [3.63, 3.8) is 0 Å². The van der Waals surface area contributed by atoms with Crippen molar-refractivity contribution in [2.24, 2.45) is 12.2 Å². The van der Waals surface area contributed by atoms with Gasteiger partial charge in [-0.1, -0.05) is 0 Å². The predicted octanol–water partition coefficient (Wildman–Crippen LogP) is 0.954. The monoisotopic (exact) mass is 322 g/mol.